The maximum Gasteiger partial charge on any atom is 0.198 e. The second kappa shape index (κ2) is 7.07. The monoisotopic (exact) mass is 286 g/mol. The molecule has 1 rings (SSSR count). The molecule has 1 N–H and O–H groups in total. The van der Waals surface area contributed by atoms with Crippen LogP contribution in [0.15, 0.2) is 47.7 Å². The molecule has 1 aromatic rings. The van der Waals surface area contributed by atoms with Crippen LogP contribution in [0.25, 0.3) is 0 Å². The van der Waals surface area contributed by atoms with Gasteiger partial charge in [0.25, 0.3) is 0 Å². The van der Waals surface area contributed by atoms with Crippen LogP contribution in [0.4, 0.5) is 8.78 Å². The first-order chi connectivity index (χ1) is 8.97. The molecule has 0 aliphatic carbocycles. The Bertz CT molecular complexity index is 513. The number of aliphatic hydroxyl groups is 1. The lowest BCUT2D eigenvalue weighted by Gasteiger charge is -2.10. The molecule has 0 saturated heterocycles. The first-order valence-corrected chi connectivity index (χ1v) is 5.81. The lowest BCUT2D eigenvalue weighted by molar-refractivity contribution is 0.279. The molecule has 0 radical (unpaired) electrons. The van der Waals surface area contributed by atoms with Gasteiger partial charge in [-0.05, 0) is 36.8 Å². The van der Waals surface area contributed by atoms with Gasteiger partial charge in [-0.25, -0.2) is 8.78 Å². The van der Waals surface area contributed by atoms with Crippen molar-refractivity contribution >= 4 is 11.6 Å². The smallest absolute Gasteiger partial charge is 0.198 e. The molecule has 0 aliphatic rings. The summed E-state index contributed by atoms with van der Waals surface area (Å²) < 4.78 is 32.4. The van der Waals surface area contributed by atoms with Crippen LogP contribution in [-0.2, 0) is 6.61 Å². The van der Waals surface area contributed by atoms with Crippen LogP contribution < -0.4 is 4.74 Å². The number of benzene rings is 1. The van der Waals surface area contributed by atoms with Crippen LogP contribution in [0.5, 0.6) is 5.75 Å². The van der Waals surface area contributed by atoms with Gasteiger partial charge in [0.1, 0.15) is 5.76 Å². The highest BCUT2D eigenvalue weighted by atomic mass is 35.5. The fraction of sp³-hybridized carbons (Fsp3) is 0.143. The highest BCUT2D eigenvalue weighted by Gasteiger charge is 2.13. The summed E-state index contributed by atoms with van der Waals surface area (Å²) in [5.41, 5.74) is 0.126. The van der Waals surface area contributed by atoms with Gasteiger partial charge in [0.05, 0.1) is 6.61 Å². The maximum atomic E-state index is 13.7. The van der Waals surface area contributed by atoms with Crippen LogP contribution in [0.3, 0.4) is 0 Å². The maximum absolute atomic E-state index is 13.7. The van der Waals surface area contributed by atoms with Crippen molar-refractivity contribution in [1.29, 1.82) is 0 Å². The van der Waals surface area contributed by atoms with E-state index in [2.05, 4.69) is 6.58 Å². The third-order valence-electron chi connectivity index (χ3n) is 2.09. The topological polar surface area (TPSA) is 29.5 Å². The summed E-state index contributed by atoms with van der Waals surface area (Å²) in [5.74, 6) is -2.21. The summed E-state index contributed by atoms with van der Waals surface area (Å²) >= 11 is 5.60. The zero-order chi connectivity index (χ0) is 14.4. The van der Waals surface area contributed by atoms with Crippen molar-refractivity contribution in [3.05, 3.63) is 64.9 Å². The molecule has 102 valence electrons. The van der Waals surface area contributed by atoms with Crippen molar-refractivity contribution in [2.24, 2.45) is 0 Å². The summed E-state index contributed by atoms with van der Waals surface area (Å²) in [7, 11) is 0. The number of ether oxygens (including phenoxy) is 1. The molecule has 0 bridgehead atoms. The van der Waals surface area contributed by atoms with Crippen LogP contribution in [0.2, 0.25) is 0 Å². The van der Waals surface area contributed by atoms with Gasteiger partial charge in [-0.2, -0.15) is 0 Å². The molecular formula is C14H13ClF2O2. The van der Waals surface area contributed by atoms with Crippen molar-refractivity contribution in [3.63, 3.8) is 0 Å². The average Bonchev–Trinajstić information content (AvgIpc) is 2.32. The molecule has 1 aromatic carbocycles. The van der Waals surface area contributed by atoms with E-state index >= 15 is 0 Å². The second-order valence-electron chi connectivity index (χ2n) is 3.64. The molecule has 0 heterocycles. The van der Waals surface area contributed by atoms with E-state index in [9.17, 15) is 8.78 Å². The molecule has 0 amide bonds. The number of allylic oxidation sites excluding steroid dienone is 4. The van der Waals surface area contributed by atoms with Crippen LogP contribution in [-0.4, -0.2) is 5.11 Å². The van der Waals surface area contributed by atoms with E-state index in [1.165, 1.54) is 12.2 Å². The fourth-order valence-electron chi connectivity index (χ4n) is 1.35. The third kappa shape index (κ3) is 4.50. The lowest BCUT2D eigenvalue weighted by Crippen LogP contribution is -2.00. The SMILES string of the molecule is C=C(Cl)/C=C(\C=C/C)Oc1c(F)cc(CO)cc1F. The molecule has 0 atom stereocenters. The molecule has 19 heavy (non-hydrogen) atoms. The highest BCUT2D eigenvalue weighted by Crippen LogP contribution is 2.26. The molecule has 5 heteroatoms. The van der Waals surface area contributed by atoms with Gasteiger partial charge in [-0.15, -0.1) is 0 Å². The molecular weight excluding hydrogens is 274 g/mol. The van der Waals surface area contributed by atoms with Gasteiger partial charge in [-0.1, -0.05) is 24.3 Å². The van der Waals surface area contributed by atoms with Gasteiger partial charge >= 0.3 is 0 Å². The largest absolute Gasteiger partial charge is 0.451 e. The normalized spacial score (nSPS) is 11.9. The van der Waals surface area contributed by atoms with Gasteiger partial charge in [-0.3, -0.25) is 0 Å². The van der Waals surface area contributed by atoms with Gasteiger partial charge in [0, 0.05) is 5.03 Å². The van der Waals surface area contributed by atoms with E-state index in [1.807, 2.05) is 0 Å². The Labute approximate surface area is 115 Å². The van der Waals surface area contributed by atoms with Gasteiger partial charge in [0.15, 0.2) is 17.4 Å². The van der Waals surface area contributed by atoms with Crippen LogP contribution in [0.1, 0.15) is 12.5 Å². The van der Waals surface area contributed by atoms with E-state index in [-0.39, 0.29) is 16.4 Å². The summed E-state index contributed by atoms with van der Waals surface area (Å²) in [5, 5.41) is 9.00. The van der Waals surface area contributed by atoms with E-state index in [0.29, 0.717) is 0 Å². The number of hydrogen-bond donors (Lipinski definition) is 1. The molecule has 0 aliphatic heterocycles. The van der Waals surface area contributed by atoms with Gasteiger partial charge in [0.2, 0.25) is 0 Å². The lowest BCUT2D eigenvalue weighted by atomic mass is 10.2. The first kappa shape index (κ1) is 15.4. The number of rotatable bonds is 5. The Morgan fingerprint density at radius 3 is 2.42 bits per heavy atom. The zero-order valence-corrected chi connectivity index (χ0v) is 11.0. The van der Waals surface area contributed by atoms with E-state index in [0.717, 1.165) is 12.1 Å². The summed E-state index contributed by atoms with van der Waals surface area (Å²) in [4.78, 5) is 0. The molecule has 0 saturated carbocycles. The fourth-order valence-corrected chi connectivity index (χ4v) is 1.46. The van der Waals surface area contributed by atoms with E-state index in [1.54, 1.807) is 13.0 Å². The minimum absolute atomic E-state index is 0.126. The second-order valence-corrected chi connectivity index (χ2v) is 4.13. The number of hydrogen-bond acceptors (Lipinski definition) is 2. The zero-order valence-electron chi connectivity index (χ0n) is 10.3. The van der Waals surface area contributed by atoms with Crippen LogP contribution >= 0.6 is 11.6 Å². The molecule has 0 spiro atoms. The summed E-state index contributed by atoms with van der Waals surface area (Å²) in [6.45, 7) is 4.71. The Morgan fingerprint density at radius 2 is 2.00 bits per heavy atom. The quantitative estimate of drug-likeness (QED) is 0.654. The Balaban J connectivity index is 3.13. The van der Waals surface area contributed by atoms with E-state index in [4.69, 9.17) is 21.4 Å². The minimum Gasteiger partial charge on any atom is -0.451 e. The van der Waals surface area contributed by atoms with Crippen molar-refractivity contribution in [2.75, 3.05) is 0 Å². The Kier molecular flexibility index (Phi) is 5.73. The predicted molar refractivity (Wildman–Crippen MR) is 70.8 cm³/mol. The number of aliphatic hydroxyl groups excluding tert-OH is 1. The van der Waals surface area contributed by atoms with Gasteiger partial charge < -0.3 is 9.84 Å². The molecule has 0 unspecified atom stereocenters. The standard InChI is InChI=1S/C14H13ClF2O2/c1-3-4-11(5-9(2)15)19-14-12(16)6-10(8-18)7-13(14)17/h3-7,18H,2,8H2,1H3/b4-3-,11-5+. The summed E-state index contributed by atoms with van der Waals surface area (Å²) in [6, 6.07) is 2.00. The van der Waals surface area contributed by atoms with Crippen molar-refractivity contribution in [2.45, 2.75) is 13.5 Å². The molecule has 0 fully saturated rings. The molecule has 0 aromatic heterocycles. The minimum atomic E-state index is -0.903. The first-order valence-electron chi connectivity index (χ1n) is 5.43. The predicted octanol–water partition coefficient (Wildman–Crippen LogP) is 4.05. The highest BCUT2D eigenvalue weighted by molar-refractivity contribution is 6.30. The van der Waals surface area contributed by atoms with Crippen LogP contribution in [0, 0.1) is 11.6 Å². The Hall–Kier alpha value is -1.65. The van der Waals surface area contributed by atoms with Crippen molar-refractivity contribution in [1.82, 2.24) is 0 Å². The van der Waals surface area contributed by atoms with Crippen molar-refractivity contribution < 1.29 is 18.6 Å². The summed E-state index contributed by atoms with van der Waals surface area (Å²) in [6.07, 6.45) is 4.45. The van der Waals surface area contributed by atoms with Crippen molar-refractivity contribution in [3.8, 4) is 5.75 Å². The number of halogens is 3. The third-order valence-corrected chi connectivity index (χ3v) is 2.20. The molecule has 2 nitrogen and oxygen atoms in total. The Morgan fingerprint density at radius 1 is 1.42 bits per heavy atom. The average molecular weight is 287 g/mol. The van der Waals surface area contributed by atoms with E-state index < -0.39 is 24.0 Å².